The fourth-order valence-corrected chi connectivity index (χ4v) is 5.04. The average Bonchev–Trinajstić information content (AvgIpc) is 3.12. The Bertz CT molecular complexity index is 1130. The molecule has 24 heavy (non-hydrogen) atoms. The summed E-state index contributed by atoms with van der Waals surface area (Å²) in [6.07, 6.45) is 1.37. The van der Waals surface area contributed by atoms with E-state index in [-0.39, 0.29) is 29.1 Å². The van der Waals surface area contributed by atoms with Crippen LogP contribution in [0.4, 0.5) is 0 Å². The van der Waals surface area contributed by atoms with Gasteiger partial charge in [-0.25, -0.2) is 17.7 Å². The molecule has 3 aromatic rings. The number of aromatic nitrogens is 2. The molecule has 0 N–H and O–H groups in total. The minimum Gasteiger partial charge on any atom is -0.296 e. The van der Waals surface area contributed by atoms with Gasteiger partial charge in [-0.1, -0.05) is 12.1 Å². The van der Waals surface area contributed by atoms with Crippen LogP contribution in [-0.2, 0) is 16.6 Å². The lowest BCUT2D eigenvalue weighted by Gasteiger charge is -2.15. The summed E-state index contributed by atoms with van der Waals surface area (Å²) >= 11 is 1.28. The van der Waals surface area contributed by atoms with E-state index in [2.05, 4.69) is 4.98 Å². The van der Waals surface area contributed by atoms with Crippen molar-refractivity contribution >= 4 is 37.5 Å². The smallest absolute Gasteiger partial charge is 0.271 e. The van der Waals surface area contributed by atoms with Crippen LogP contribution in [0.1, 0.15) is 10.4 Å². The van der Waals surface area contributed by atoms with E-state index in [1.54, 1.807) is 23.6 Å². The molecule has 0 unspecified atom stereocenters. The van der Waals surface area contributed by atoms with E-state index in [4.69, 9.17) is 0 Å². The van der Waals surface area contributed by atoms with Gasteiger partial charge in [-0.2, -0.15) is 0 Å². The van der Waals surface area contributed by atoms with E-state index in [0.29, 0.717) is 10.2 Å². The lowest BCUT2D eigenvalue weighted by atomic mass is 10.2. The largest absolute Gasteiger partial charge is 0.296 e. The summed E-state index contributed by atoms with van der Waals surface area (Å²) in [5.41, 5.74) is 0.534. The van der Waals surface area contributed by atoms with Crippen LogP contribution >= 0.6 is 11.3 Å². The van der Waals surface area contributed by atoms with Crippen LogP contribution in [-0.4, -0.2) is 34.7 Å². The van der Waals surface area contributed by atoms with E-state index in [9.17, 15) is 18.0 Å². The summed E-state index contributed by atoms with van der Waals surface area (Å²) in [6.45, 7) is -0.0626. The number of sulfonamides is 1. The molecule has 1 aromatic carbocycles. The number of hydrogen-bond donors (Lipinski definition) is 0. The molecular weight excluding hydrogens is 350 g/mol. The van der Waals surface area contributed by atoms with Crippen molar-refractivity contribution < 1.29 is 13.2 Å². The molecule has 0 saturated heterocycles. The Balaban J connectivity index is 1.66. The normalized spacial score (nSPS) is 15.8. The molecule has 1 aliphatic heterocycles. The fraction of sp³-hybridized carbons (Fsp3) is 0.133. The Labute approximate surface area is 140 Å². The number of rotatable bonds is 3. The second kappa shape index (κ2) is 5.25. The quantitative estimate of drug-likeness (QED) is 0.701. The summed E-state index contributed by atoms with van der Waals surface area (Å²) in [7, 11) is -3.86. The molecule has 9 heteroatoms. The number of carbonyl (C=O) groups is 1. The van der Waals surface area contributed by atoms with Gasteiger partial charge in [0.1, 0.15) is 9.60 Å². The zero-order valence-electron chi connectivity index (χ0n) is 12.2. The van der Waals surface area contributed by atoms with Crippen LogP contribution in [0, 0.1) is 0 Å². The van der Waals surface area contributed by atoms with Gasteiger partial charge in [0.2, 0.25) is 0 Å². The minimum absolute atomic E-state index is 0.00850. The van der Waals surface area contributed by atoms with E-state index >= 15 is 0 Å². The summed E-state index contributed by atoms with van der Waals surface area (Å²) in [4.78, 5) is 28.8. The number of benzene rings is 1. The molecule has 1 aliphatic rings. The Morgan fingerprint density at radius 3 is 2.67 bits per heavy atom. The van der Waals surface area contributed by atoms with E-state index in [1.165, 1.54) is 34.4 Å². The van der Waals surface area contributed by atoms with Crippen LogP contribution in [0.15, 0.2) is 51.7 Å². The lowest BCUT2D eigenvalue weighted by molar-refractivity contribution is 0.0868. The number of fused-ring (bicyclic) bond motifs is 2. The van der Waals surface area contributed by atoms with Gasteiger partial charge in [0.25, 0.3) is 21.5 Å². The molecule has 0 atom stereocenters. The number of hydrogen-bond acceptors (Lipinski definition) is 6. The first-order valence-corrected chi connectivity index (χ1v) is 9.41. The molecule has 0 fully saturated rings. The summed E-state index contributed by atoms with van der Waals surface area (Å²) in [6, 6.07) is 7.84. The molecule has 0 radical (unpaired) electrons. The Hall–Kier alpha value is -2.52. The zero-order chi connectivity index (χ0) is 16.9. The fourth-order valence-electron chi connectivity index (χ4n) is 2.69. The highest BCUT2D eigenvalue weighted by atomic mass is 32.2. The highest BCUT2D eigenvalue weighted by molar-refractivity contribution is 7.90. The third-order valence-electron chi connectivity index (χ3n) is 3.89. The van der Waals surface area contributed by atoms with Crippen LogP contribution in [0.25, 0.3) is 10.2 Å². The predicted molar refractivity (Wildman–Crippen MR) is 88.5 cm³/mol. The SMILES string of the molecule is O=C1c2ccccc2S(=O)(=O)N1CCn1cnc2ccsc2c1=O. The first kappa shape index (κ1) is 15.0. The Kier molecular flexibility index (Phi) is 3.29. The summed E-state index contributed by atoms with van der Waals surface area (Å²) in [5.74, 6) is -0.566. The second-order valence-corrected chi connectivity index (χ2v) is 8.00. The Morgan fingerprint density at radius 2 is 1.88 bits per heavy atom. The second-order valence-electron chi connectivity index (χ2n) is 5.26. The van der Waals surface area contributed by atoms with Gasteiger partial charge in [-0.05, 0) is 23.6 Å². The van der Waals surface area contributed by atoms with Gasteiger partial charge < -0.3 is 0 Å². The van der Waals surface area contributed by atoms with Gasteiger partial charge >= 0.3 is 0 Å². The van der Waals surface area contributed by atoms with Crippen molar-refractivity contribution in [3.8, 4) is 0 Å². The molecule has 0 saturated carbocycles. The lowest BCUT2D eigenvalue weighted by Crippen LogP contribution is -2.35. The van der Waals surface area contributed by atoms with Crippen LogP contribution in [0.2, 0.25) is 0 Å². The Morgan fingerprint density at radius 1 is 1.08 bits per heavy atom. The van der Waals surface area contributed by atoms with Gasteiger partial charge in [0, 0.05) is 6.54 Å². The maximum Gasteiger partial charge on any atom is 0.271 e. The van der Waals surface area contributed by atoms with Crippen molar-refractivity contribution in [2.45, 2.75) is 11.4 Å². The highest BCUT2D eigenvalue weighted by Crippen LogP contribution is 2.29. The van der Waals surface area contributed by atoms with Crippen molar-refractivity contribution in [2.75, 3.05) is 6.54 Å². The first-order valence-electron chi connectivity index (χ1n) is 7.09. The predicted octanol–water partition coefficient (Wildman–Crippen LogP) is 1.30. The molecule has 1 amide bonds. The molecule has 4 rings (SSSR count). The van der Waals surface area contributed by atoms with Crippen LogP contribution < -0.4 is 5.56 Å². The maximum atomic E-state index is 12.5. The topological polar surface area (TPSA) is 89.3 Å². The molecule has 122 valence electrons. The van der Waals surface area contributed by atoms with Gasteiger partial charge in [-0.3, -0.25) is 14.2 Å². The average molecular weight is 361 g/mol. The number of amides is 1. The van der Waals surface area contributed by atoms with E-state index in [1.807, 2.05) is 0 Å². The van der Waals surface area contributed by atoms with Crippen molar-refractivity contribution in [1.29, 1.82) is 0 Å². The van der Waals surface area contributed by atoms with Crippen molar-refractivity contribution in [3.63, 3.8) is 0 Å². The van der Waals surface area contributed by atoms with Gasteiger partial charge in [0.05, 0.1) is 24.0 Å². The number of thiophene rings is 1. The zero-order valence-corrected chi connectivity index (χ0v) is 13.9. The summed E-state index contributed by atoms with van der Waals surface area (Å²) in [5, 5.41) is 1.77. The van der Waals surface area contributed by atoms with Crippen LogP contribution in [0.5, 0.6) is 0 Å². The van der Waals surface area contributed by atoms with E-state index in [0.717, 1.165) is 4.31 Å². The van der Waals surface area contributed by atoms with Gasteiger partial charge in [0.15, 0.2) is 0 Å². The van der Waals surface area contributed by atoms with Crippen molar-refractivity contribution in [1.82, 2.24) is 13.9 Å². The highest BCUT2D eigenvalue weighted by Gasteiger charge is 2.40. The van der Waals surface area contributed by atoms with Crippen LogP contribution in [0.3, 0.4) is 0 Å². The van der Waals surface area contributed by atoms with Crippen molar-refractivity contribution in [3.05, 3.63) is 58.0 Å². The molecule has 2 aromatic heterocycles. The molecule has 3 heterocycles. The standard InChI is InChI=1S/C15H11N3O4S2/c19-14-10-3-1-2-4-12(10)24(21,22)18(14)7-6-17-9-16-11-5-8-23-13(11)15(17)20/h1-5,8-9H,6-7H2. The van der Waals surface area contributed by atoms with E-state index < -0.39 is 15.9 Å². The molecular formula is C15H11N3O4S2. The molecule has 0 bridgehead atoms. The van der Waals surface area contributed by atoms with Gasteiger partial charge in [-0.15, -0.1) is 11.3 Å². The number of nitrogens with zero attached hydrogens (tertiary/aromatic N) is 3. The first-order chi connectivity index (χ1) is 11.5. The maximum absolute atomic E-state index is 12.5. The monoisotopic (exact) mass is 361 g/mol. The molecule has 7 nitrogen and oxygen atoms in total. The molecule has 0 aliphatic carbocycles. The minimum atomic E-state index is -3.86. The third kappa shape index (κ3) is 2.09. The molecule has 0 spiro atoms. The van der Waals surface area contributed by atoms with Crippen molar-refractivity contribution in [2.24, 2.45) is 0 Å². The third-order valence-corrected chi connectivity index (χ3v) is 6.62. The summed E-state index contributed by atoms with van der Waals surface area (Å²) < 4.78 is 27.6. The number of carbonyl (C=O) groups excluding carboxylic acids is 1.